The summed E-state index contributed by atoms with van der Waals surface area (Å²) in [4.78, 5) is 24.8. The van der Waals surface area contributed by atoms with Crippen molar-refractivity contribution in [2.75, 3.05) is 5.32 Å². The number of aryl methyl sites for hydroxylation is 1. The average molecular weight is 294 g/mol. The Labute approximate surface area is 123 Å². The number of fused-ring (bicyclic) bond motifs is 1. The topological polar surface area (TPSA) is 72.2 Å². The quantitative estimate of drug-likeness (QED) is 0.876. The number of carbonyl (C=O) groups is 2. The Morgan fingerprint density at radius 1 is 1.45 bits per heavy atom. The highest BCUT2D eigenvalue weighted by Gasteiger charge is 2.27. The van der Waals surface area contributed by atoms with Crippen LogP contribution in [0.15, 0.2) is 0 Å². The molecule has 3 N–H and O–H groups in total. The number of primary amides is 1. The van der Waals surface area contributed by atoms with E-state index in [0.717, 1.165) is 37.7 Å². The summed E-state index contributed by atoms with van der Waals surface area (Å²) in [6.45, 7) is 4.23. The number of thiophene rings is 1. The van der Waals surface area contributed by atoms with Crippen molar-refractivity contribution in [1.29, 1.82) is 0 Å². The molecule has 1 unspecified atom stereocenters. The lowest BCUT2D eigenvalue weighted by atomic mass is 9.87. The molecule has 0 saturated heterocycles. The van der Waals surface area contributed by atoms with Gasteiger partial charge in [-0.2, -0.15) is 0 Å². The van der Waals surface area contributed by atoms with E-state index in [9.17, 15) is 9.59 Å². The van der Waals surface area contributed by atoms with Crippen molar-refractivity contribution >= 4 is 28.2 Å². The Bertz CT molecular complexity index is 522. The molecule has 5 heteroatoms. The van der Waals surface area contributed by atoms with Gasteiger partial charge in [0, 0.05) is 11.3 Å². The first kappa shape index (κ1) is 15.0. The molecule has 1 atom stereocenters. The third-order valence-electron chi connectivity index (χ3n) is 3.76. The third kappa shape index (κ3) is 3.20. The zero-order valence-electron chi connectivity index (χ0n) is 12.1. The fourth-order valence-electron chi connectivity index (χ4n) is 2.63. The molecule has 1 aliphatic rings. The first-order valence-corrected chi connectivity index (χ1v) is 8.08. The van der Waals surface area contributed by atoms with Crippen molar-refractivity contribution in [3.05, 3.63) is 16.0 Å². The van der Waals surface area contributed by atoms with E-state index in [0.29, 0.717) is 22.9 Å². The summed E-state index contributed by atoms with van der Waals surface area (Å²) in [7, 11) is 0. The van der Waals surface area contributed by atoms with Crippen molar-refractivity contribution in [3.63, 3.8) is 0 Å². The second-order valence-corrected chi connectivity index (χ2v) is 6.68. The second-order valence-electron chi connectivity index (χ2n) is 5.57. The van der Waals surface area contributed by atoms with Gasteiger partial charge in [0.05, 0.1) is 5.56 Å². The summed E-state index contributed by atoms with van der Waals surface area (Å²) < 4.78 is 0. The maximum Gasteiger partial charge on any atom is 0.251 e. The number of hydrogen-bond acceptors (Lipinski definition) is 3. The van der Waals surface area contributed by atoms with Crippen LogP contribution in [-0.4, -0.2) is 11.8 Å². The molecule has 0 radical (unpaired) electrons. The molecule has 0 aliphatic heterocycles. The van der Waals surface area contributed by atoms with Crippen LogP contribution in [0.1, 0.15) is 60.3 Å². The molecule has 0 bridgehead atoms. The SMILES string of the molecule is CCCCC(=O)Nc1sc2c(c1C(N)=O)CC(C)CC2. The molecule has 0 fully saturated rings. The Kier molecular flexibility index (Phi) is 4.81. The minimum Gasteiger partial charge on any atom is -0.365 e. The standard InChI is InChI=1S/C15H22N2O2S/c1-3-4-5-12(18)17-15-13(14(16)19)10-8-9(2)6-7-11(10)20-15/h9H,3-8H2,1-2H3,(H2,16,19)(H,17,18). The normalized spacial score (nSPS) is 17.6. The second kappa shape index (κ2) is 6.39. The van der Waals surface area contributed by atoms with Gasteiger partial charge in [-0.3, -0.25) is 9.59 Å². The molecular weight excluding hydrogens is 272 g/mol. The van der Waals surface area contributed by atoms with Crippen molar-refractivity contribution < 1.29 is 9.59 Å². The minimum absolute atomic E-state index is 0.0269. The Balaban J connectivity index is 2.24. The summed E-state index contributed by atoms with van der Waals surface area (Å²) >= 11 is 1.52. The van der Waals surface area contributed by atoms with Gasteiger partial charge in [-0.25, -0.2) is 0 Å². The maximum atomic E-state index is 11.9. The molecule has 2 amide bonds. The van der Waals surface area contributed by atoms with Crippen molar-refractivity contribution in [2.45, 2.75) is 52.4 Å². The van der Waals surface area contributed by atoms with Gasteiger partial charge < -0.3 is 11.1 Å². The number of unbranched alkanes of at least 4 members (excludes halogenated alkanes) is 1. The molecule has 1 aliphatic carbocycles. The minimum atomic E-state index is -0.428. The number of rotatable bonds is 5. The van der Waals surface area contributed by atoms with Crippen LogP contribution in [0.4, 0.5) is 5.00 Å². The predicted octanol–water partition coefficient (Wildman–Crippen LogP) is 3.10. The van der Waals surface area contributed by atoms with Crippen molar-refractivity contribution in [3.8, 4) is 0 Å². The van der Waals surface area contributed by atoms with Gasteiger partial charge in [0.15, 0.2) is 0 Å². The fraction of sp³-hybridized carbons (Fsp3) is 0.600. The molecule has 4 nitrogen and oxygen atoms in total. The zero-order chi connectivity index (χ0) is 14.7. The number of nitrogens with two attached hydrogens (primary N) is 1. The number of hydrogen-bond donors (Lipinski definition) is 2. The highest BCUT2D eigenvalue weighted by atomic mass is 32.1. The van der Waals surface area contributed by atoms with Crippen LogP contribution in [-0.2, 0) is 17.6 Å². The molecule has 1 aromatic heterocycles. The zero-order valence-corrected chi connectivity index (χ0v) is 12.9. The smallest absolute Gasteiger partial charge is 0.251 e. The third-order valence-corrected chi connectivity index (χ3v) is 4.97. The van der Waals surface area contributed by atoms with Crippen LogP contribution in [0.5, 0.6) is 0 Å². The van der Waals surface area contributed by atoms with E-state index in [1.165, 1.54) is 16.2 Å². The number of carbonyl (C=O) groups excluding carboxylic acids is 2. The lowest BCUT2D eigenvalue weighted by Gasteiger charge is -2.18. The van der Waals surface area contributed by atoms with E-state index in [1.54, 1.807) is 0 Å². The van der Waals surface area contributed by atoms with E-state index in [2.05, 4.69) is 12.2 Å². The summed E-state index contributed by atoms with van der Waals surface area (Å²) in [6, 6.07) is 0. The number of amides is 2. The Morgan fingerprint density at radius 2 is 2.20 bits per heavy atom. The lowest BCUT2D eigenvalue weighted by molar-refractivity contribution is -0.116. The van der Waals surface area contributed by atoms with E-state index in [1.807, 2.05) is 6.92 Å². The average Bonchev–Trinajstić information content (AvgIpc) is 2.73. The van der Waals surface area contributed by atoms with Crippen LogP contribution in [0, 0.1) is 5.92 Å². The van der Waals surface area contributed by atoms with Gasteiger partial charge in [-0.05, 0) is 37.2 Å². The summed E-state index contributed by atoms with van der Waals surface area (Å²) in [5.74, 6) is 0.113. The summed E-state index contributed by atoms with van der Waals surface area (Å²) in [5, 5.41) is 3.53. The molecule has 0 aromatic carbocycles. The molecule has 2 rings (SSSR count). The molecule has 20 heavy (non-hydrogen) atoms. The monoisotopic (exact) mass is 294 g/mol. The van der Waals surface area contributed by atoms with Gasteiger partial charge in [-0.15, -0.1) is 11.3 Å². The molecule has 0 spiro atoms. The van der Waals surface area contributed by atoms with Crippen LogP contribution < -0.4 is 11.1 Å². The van der Waals surface area contributed by atoms with Crippen LogP contribution in [0.3, 0.4) is 0 Å². The molecule has 0 saturated carbocycles. The highest BCUT2D eigenvalue weighted by Crippen LogP contribution is 2.39. The largest absolute Gasteiger partial charge is 0.365 e. The van der Waals surface area contributed by atoms with E-state index < -0.39 is 5.91 Å². The molecule has 110 valence electrons. The Morgan fingerprint density at radius 3 is 2.85 bits per heavy atom. The first-order valence-electron chi connectivity index (χ1n) is 7.27. The first-order chi connectivity index (χ1) is 9.52. The van der Waals surface area contributed by atoms with Gasteiger partial charge >= 0.3 is 0 Å². The highest BCUT2D eigenvalue weighted by molar-refractivity contribution is 7.17. The van der Waals surface area contributed by atoms with Gasteiger partial charge in [0.25, 0.3) is 5.91 Å². The fourth-order valence-corrected chi connectivity index (χ4v) is 3.90. The number of nitrogens with one attached hydrogen (secondary N) is 1. The van der Waals surface area contributed by atoms with Crippen LogP contribution >= 0.6 is 11.3 Å². The lowest BCUT2D eigenvalue weighted by Crippen LogP contribution is -2.19. The Hall–Kier alpha value is -1.36. The van der Waals surface area contributed by atoms with Crippen molar-refractivity contribution in [1.82, 2.24) is 0 Å². The van der Waals surface area contributed by atoms with Crippen LogP contribution in [0.25, 0.3) is 0 Å². The van der Waals surface area contributed by atoms with Crippen molar-refractivity contribution in [2.24, 2.45) is 11.7 Å². The maximum absolute atomic E-state index is 11.9. The molecule has 1 aromatic rings. The predicted molar refractivity (Wildman–Crippen MR) is 82.2 cm³/mol. The van der Waals surface area contributed by atoms with Gasteiger partial charge in [0.2, 0.25) is 5.91 Å². The summed E-state index contributed by atoms with van der Waals surface area (Å²) in [5.41, 5.74) is 7.13. The van der Waals surface area contributed by atoms with Gasteiger partial charge in [-0.1, -0.05) is 20.3 Å². The molecule has 1 heterocycles. The molecular formula is C15H22N2O2S. The van der Waals surface area contributed by atoms with Gasteiger partial charge in [0.1, 0.15) is 5.00 Å². The van der Waals surface area contributed by atoms with Crippen LogP contribution in [0.2, 0.25) is 0 Å². The van der Waals surface area contributed by atoms with E-state index in [-0.39, 0.29) is 5.91 Å². The summed E-state index contributed by atoms with van der Waals surface area (Å²) in [6.07, 6.45) is 5.33. The number of anilines is 1. The van der Waals surface area contributed by atoms with E-state index >= 15 is 0 Å². The van der Waals surface area contributed by atoms with E-state index in [4.69, 9.17) is 5.73 Å².